The van der Waals surface area contributed by atoms with Gasteiger partial charge in [-0.25, -0.2) is 0 Å². The van der Waals surface area contributed by atoms with Gasteiger partial charge in [-0.05, 0) is 48.6 Å². The van der Waals surface area contributed by atoms with Crippen LogP contribution in [0.4, 0.5) is 0 Å². The molecule has 0 N–H and O–H groups in total. The van der Waals surface area contributed by atoms with Crippen LogP contribution in [0.1, 0.15) is 43.2 Å². The van der Waals surface area contributed by atoms with Crippen LogP contribution >= 0.6 is 15.9 Å². The van der Waals surface area contributed by atoms with E-state index in [2.05, 4.69) is 40.2 Å². The molecular formula is C14H17Br. The van der Waals surface area contributed by atoms with E-state index in [0.717, 1.165) is 4.83 Å². The zero-order valence-electron chi connectivity index (χ0n) is 9.01. The molecule has 2 aliphatic rings. The minimum absolute atomic E-state index is 0.531. The number of halogens is 1. The molecule has 1 saturated carbocycles. The fourth-order valence-corrected chi connectivity index (χ4v) is 4.47. The molecule has 3 rings (SSSR count). The summed E-state index contributed by atoms with van der Waals surface area (Å²) in [7, 11) is 0. The molecule has 0 aromatic heterocycles. The normalized spacial score (nSPS) is 34.3. The summed E-state index contributed by atoms with van der Waals surface area (Å²) in [5.41, 5.74) is 3.80. The van der Waals surface area contributed by atoms with E-state index in [9.17, 15) is 0 Å². The van der Waals surface area contributed by atoms with Gasteiger partial charge >= 0.3 is 0 Å². The van der Waals surface area contributed by atoms with Crippen LogP contribution in [0.3, 0.4) is 0 Å². The molecule has 0 heterocycles. The predicted octanol–water partition coefficient (Wildman–Crippen LogP) is 4.21. The van der Waals surface area contributed by atoms with Gasteiger partial charge in [-0.2, -0.15) is 0 Å². The van der Waals surface area contributed by atoms with Gasteiger partial charge in [0.05, 0.1) is 0 Å². The van der Waals surface area contributed by atoms with Crippen molar-refractivity contribution in [1.29, 1.82) is 0 Å². The highest BCUT2D eigenvalue weighted by molar-refractivity contribution is 9.09. The quantitative estimate of drug-likeness (QED) is 0.616. The van der Waals surface area contributed by atoms with Crippen molar-refractivity contribution >= 4 is 15.9 Å². The lowest BCUT2D eigenvalue weighted by Crippen LogP contribution is -2.30. The van der Waals surface area contributed by atoms with Crippen LogP contribution in [-0.2, 0) is 11.8 Å². The summed E-state index contributed by atoms with van der Waals surface area (Å²) in [4.78, 5) is 0.748. The zero-order valence-corrected chi connectivity index (χ0v) is 10.6. The van der Waals surface area contributed by atoms with Crippen LogP contribution in [0.15, 0.2) is 24.3 Å². The Bertz CT molecular complexity index is 367. The molecule has 2 atom stereocenters. The second-order valence-electron chi connectivity index (χ2n) is 5.13. The first-order valence-corrected chi connectivity index (χ1v) is 6.94. The standard InChI is InChI=1S/C14H17Br/c15-12-5-3-8-14(10-12)9-7-11-4-1-2-6-13(11)14/h1-2,4,6,12H,3,5,7-10H2. The van der Waals surface area contributed by atoms with E-state index in [1.165, 1.54) is 38.5 Å². The fraction of sp³-hybridized carbons (Fsp3) is 0.571. The van der Waals surface area contributed by atoms with Crippen LogP contribution < -0.4 is 0 Å². The maximum atomic E-state index is 3.83. The third kappa shape index (κ3) is 1.56. The van der Waals surface area contributed by atoms with E-state index in [-0.39, 0.29) is 0 Å². The molecule has 1 fully saturated rings. The Morgan fingerprint density at radius 1 is 1.20 bits per heavy atom. The van der Waals surface area contributed by atoms with Gasteiger partial charge in [-0.1, -0.05) is 46.6 Å². The van der Waals surface area contributed by atoms with Gasteiger partial charge in [0.15, 0.2) is 0 Å². The Kier molecular flexibility index (Phi) is 2.39. The van der Waals surface area contributed by atoms with E-state index in [1.54, 1.807) is 11.1 Å². The monoisotopic (exact) mass is 264 g/mol. The van der Waals surface area contributed by atoms with Gasteiger partial charge in [0.25, 0.3) is 0 Å². The summed E-state index contributed by atoms with van der Waals surface area (Å²) < 4.78 is 0. The molecule has 0 bridgehead atoms. The number of aryl methyl sites for hydroxylation is 1. The average Bonchev–Trinajstić information content (AvgIpc) is 2.59. The maximum Gasteiger partial charge on any atom is 0.0154 e. The first kappa shape index (κ1) is 9.89. The maximum absolute atomic E-state index is 3.83. The molecule has 1 heteroatoms. The van der Waals surface area contributed by atoms with E-state index in [0.29, 0.717) is 5.41 Å². The van der Waals surface area contributed by atoms with E-state index >= 15 is 0 Å². The summed E-state index contributed by atoms with van der Waals surface area (Å²) >= 11 is 3.83. The highest BCUT2D eigenvalue weighted by Crippen LogP contribution is 2.49. The highest BCUT2D eigenvalue weighted by Gasteiger charge is 2.41. The summed E-state index contributed by atoms with van der Waals surface area (Å²) in [6.45, 7) is 0. The van der Waals surface area contributed by atoms with Crippen molar-refractivity contribution in [2.24, 2.45) is 0 Å². The zero-order chi connectivity index (χ0) is 10.3. The summed E-state index contributed by atoms with van der Waals surface area (Å²) in [5.74, 6) is 0. The third-order valence-corrected chi connectivity index (χ3v) is 5.03. The Labute approximate surface area is 100 Å². The highest BCUT2D eigenvalue weighted by atomic mass is 79.9. The van der Waals surface area contributed by atoms with E-state index in [1.807, 2.05) is 0 Å². The second-order valence-corrected chi connectivity index (χ2v) is 6.43. The average molecular weight is 265 g/mol. The number of rotatable bonds is 0. The van der Waals surface area contributed by atoms with E-state index < -0.39 is 0 Å². The Morgan fingerprint density at radius 3 is 2.93 bits per heavy atom. The van der Waals surface area contributed by atoms with Gasteiger partial charge in [-0.3, -0.25) is 0 Å². The molecule has 80 valence electrons. The number of fused-ring (bicyclic) bond motifs is 2. The molecule has 0 nitrogen and oxygen atoms in total. The molecule has 0 saturated heterocycles. The van der Waals surface area contributed by atoms with Gasteiger partial charge in [0.1, 0.15) is 0 Å². The van der Waals surface area contributed by atoms with Crippen LogP contribution in [0.5, 0.6) is 0 Å². The smallest absolute Gasteiger partial charge is 0.0154 e. The minimum Gasteiger partial charge on any atom is -0.0890 e. The first-order chi connectivity index (χ1) is 7.30. The molecule has 0 aliphatic heterocycles. The summed E-state index contributed by atoms with van der Waals surface area (Å²) in [6.07, 6.45) is 8.20. The second kappa shape index (κ2) is 3.62. The molecule has 0 amide bonds. The molecule has 1 aromatic rings. The van der Waals surface area contributed by atoms with Crippen molar-refractivity contribution in [3.63, 3.8) is 0 Å². The Hall–Kier alpha value is -0.300. The summed E-state index contributed by atoms with van der Waals surface area (Å²) in [6, 6.07) is 9.09. The molecule has 2 unspecified atom stereocenters. The fourth-order valence-electron chi connectivity index (χ4n) is 3.53. The first-order valence-electron chi connectivity index (χ1n) is 6.03. The Balaban J connectivity index is 2.00. The van der Waals surface area contributed by atoms with Crippen molar-refractivity contribution in [2.75, 3.05) is 0 Å². The third-order valence-electron chi connectivity index (χ3n) is 4.25. The van der Waals surface area contributed by atoms with Gasteiger partial charge < -0.3 is 0 Å². The van der Waals surface area contributed by atoms with Gasteiger partial charge in [-0.15, -0.1) is 0 Å². The Morgan fingerprint density at radius 2 is 2.07 bits per heavy atom. The molecular weight excluding hydrogens is 248 g/mol. The lowest BCUT2D eigenvalue weighted by atomic mass is 9.70. The van der Waals surface area contributed by atoms with Gasteiger partial charge in [0.2, 0.25) is 0 Å². The van der Waals surface area contributed by atoms with Crippen molar-refractivity contribution in [3.8, 4) is 0 Å². The summed E-state index contributed by atoms with van der Waals surface area (Å²) in [5, 5.41) is 0. The van der Waals surface area contributed by atoms with Crippen LogP contribution in [0, 0.1) is 0 Å². The molecule has 1 aromatic carbocycles. The van der Waals surface area contributed by atoms with Crippen molar-refractivity contribution in [1.82, 2.24) is 0 Å². The van der Waals surface area contributed by atoms with E-state index in [4.69, 9.17) is 0 Å². The van der Waals surface area contributed by atoms with Crippen molar-refractivity contribution < 1.29 is 0 Å². The van der Waals surface area contributed by atoms with Crippen molar-refractivity contribution in [2.45, 2.75) is 48.8 Å². The number of benzene rings is 1. The largest absolute Gasteiger partial charge is 0.0890 e. The molecule has 15 heavy (non-hydrogen) atoms. The topological polar surface area (TPSA) is 0 Å². The van der Waals surface area contributed by atoms with Crippen LogP contribution in [-0.4, -0.2) is 4.83 Å². The number of hydrogen-bond acceptors (Lipinski definition) is 0. The minimum atomic E-state index is 0.531. The molecule has 2 aliphatic carbocycles. The van der Waals surface area contributed by atoms with Crippen molar-refractivity contribution in [3.05, 3.63) is 35.4 Å². The predicted molar refractivity (Wildman–Crippen MR) is 67.6 cm³/mol. The van der Waals surface area contributed by atoms with Crippen LogP contribution in [0.2, 0.25) is 0 Å². The number of hydrogen-bond donors (Lipinski definition) is 0. The lowest BCUT2D eigenvalue weighted by molar-refractivity contribution is 0.301. The number of alkyl halides is 1. The molecule has 0 radical (unpaired) electrons. The van der Waals surface area contributed by atoms with Crippen LogP contribution in [0.25, 0.3) is 0 Å². The lowest BCUT2D eigenvalue weighted by Gasteiger charge is -2.37. The SMILES string of the molecule is BrC1CCCC2(CCc3ccccc32)C1. The molecule has 1 spiro atoms. The van der Waals surface area contributed by atoms with Gasteiger partial charge in [0, 0.05) is 4.83 Å².